The molecule has 0 aromatic carbocycles. The summed E-state index contributed by atoms with van der Waals surface area (Å²) in [4.78, 5) is 0. The molecular formula is C8H15IN2O3P2. The smallest absolute Gasteiger partial charge is 0.309 e. The second-order valence-corrected chi connectivity index (χ2v) is 7.02. The van der Waals surface area contributed by atoms with Crippen LogP contribution in [0.3, 0.4) is 0 Å². The largest absolute Gasteiger partial charge is 0.336 e. The van der Waals surface area contributed by atoms with Gasteiger partial charge in [0.1, 0.15) is 0 Å². The summed E-state index contributed by atoms with van der Waals surface area (Å²) in [5.74, 6) is 0. The average molecular weight is 376 g/mol. The van der Waals surface area contributed by atoms with Crippen LogP contribution in [0.1, 0.15) is 19.5 Å². The van der Waals surface area contributed by atoms with E-state index in [4.69, 9.17) is 9.05 Å². The Hall–Kier alpha value is 0.520. The third-order valence-electron chi connectivity index (χ3n) is 1.81. The van der Waals surface area contributed by atoms with Crippen LogP contribution in [0.5, 0.6) is 0 Å². The Morgan fingerprint density at radius 2 is 2.12 bits per heavy atom. The molecule has 0 aliphatic heterocycles. The third-order valence-corrected chi connectivity index (χ3v) is 5.76. The minimum Gasteiger partial charge on any atom is -0.309 e. The van der Waals surface area contributed by atoms with Crippen LogP contribution in [-0.4, -0.2) is 22.8 Å². The fourth-order valence-electron chi connectivity index (χ4n) is 1.25. The number of rotatable bonds is 7. The number of nitrogens with zero attached hydrogens (tertiary/aromatic N) is 2. The Kier molecular flexibility index (Phi) is 6.44. The summed E-state index contributed by atoms with van der Waals surface area (Å²) in [6, 6.07) is 1.84. The van der Waals surface area contributed by atoms with Gasteiger partial charge in [-0.05, 0) is 42.0 Å². The maximum Gasteiger partial charge on any atom is 0.336 e. The van der Waals surface area contributed by atoms with Crippen molar-refractivity contribution in [3.8, 4) is 0 Å². The molecule has 0 fully saturated rings. The van der Waals surface area contributed by atoms with Crippen LogP contribution in [0.25, 0.3) is 0 Å². The maximum atomic E-state index is 12.3. The van der Waals surface area contributed by atoms with E-state index in [1.165, 1.54) is 0 Å². The zero-order valence-corrected chi connectivity index (χ0v) is 13.3. The maximum absolute atomic E-state index is 12.3. The van der Waals surface area contributed by atoms with Gasteiger partial charge in [-0.15, -0.1) is 0 Å². The molecule has 1 aromatic heterocycles. The summed E-state index contributed by atoms with van der Waals surface area (Å²) in [5.41, 5.74) is 0.887. The van der Waals surface area contributed by atoms with Gasteiger partial charge >= 0.3 is 7.60 Å². The standard InChI is InChI=1S/C8H15IN2O3P2/c1-3-13-16(12,14-4-2)7-8-5-6-10-11(8)15-9/h5-6,15H,3-4,7H2,1-2H3. The Labute approximate surface area is 110 Å². The van der Waals surface area contributed by atoms with Gasteiger partial charge in [-0.2, -0.15) is 5.10 Å². The molecule has 0 spiro atoms. The molecule has 8 heteroatoms. The quantitative estimate of drug-likeness (QED) is 0.541. The van der Waals surface area contributed by atoms with Gasteiger partial charge in [0.15, 0.2) is 0 Å². The summed E-state index contributed by atoms with van der Waals surface area (Å²) < 4.78 is 24.5. The first-order valence-electron chi connectivity index (χ1n) is 4.93. The lowest BCUT2D eigenvalue weighted by Gasteiger charge is -2.16. The Morgan fingerprint density at radius 3 is 2.62 bits per heavy atom. The van der Waals surface area contributed by atoms with Gasteiger partial charge in [-0.25, -0.2) is 4.45 Å². The molecule has 0 saturated carbocycles. The molecule has 1 unspecified atom stereocenters. The highest BCUT2D eigenvalue weighted by atomic mass is 127. The minimum absolute atomic E-state index is 0.282. The molecule has 0 amide bonds. The molecule has 1 rings (SSSR count). The summed E-state index contributed by atoms with van der Waals surface area (Å²) in [5, 5.41) is 4.13. The molecule has 0 N–H and O–H groups in total. The average Bonchev–Trinajstić information content (AvgIpc) is 2.65. The predicted octanol–water partition coefficient (Wildman–Crippen LogP) is 3.44. The third kappa shape index (κ3) is 4.08. The minimum atomic E-state index is -3.01. The number of aromatic nitrogens is 2. The van der Waals surface area contributed by atoms with E-state index in [1.54, 1.807) is 6.20 Å². The van der Waals surface area contributed by atoms with Crippen molar-refractivity contribution in [2.45, 2.75) is 20.0 Å². The van der Waals surface area contributed by atoms with Crippen molar-refractivity contribution in [1.82, 2.24) is 9.55 Å². The fourth-order valence-corrected chi connectivity index (χ4v) is 4.74. The first kappa shape index (κ1) is 14.6. The van der Waals surface area contributed by atoms with Gasteiger partial charge in [0.25, 0.3) is 0 Å². The normalized spacial score (nSPS) is 12.7. The van der Waals surface area contributed by atoms with Crippen molar-refractivity contribution in [2.75, 3.05) is 13.2 Å². The summed E-state index contributed by atoms with van der Waals surface area (Å²) in [7, 11) is -3.01. The van der Waals surface area contributed by atoms with Gasteiger partial charge in [0.2, 0.25) is 0 Å². The zero-order chi connectivity index (χ0) is 12.0. The Bertz CT molecular complexity index is 362. The molecule has 0 aliphatic carbocycles. The zero-order valence-electron chi connectivity index (χ0n) is 9.22. The van der Waals surface area contributed by atoms with E-state index < -0.39 is 7.60 Å². The van der Waals surface area contributed by atoms with E-state index in [0.29, 0.717) is 19.6 Å². The van der Waals surface area contributed by atoms with E-state index >= 15 is 0 Å². The lowest BCUT2D eigenvalue weighted by atomic mass is 10.5. The topological polar surface area (TPSA) is 53.3 Å². The Balaban J connectivity index is 2.79. The molecule has 1 atom stereocenters. The van der Waals surface area contributed by atoms with Crippen molar-refractivity contribution in [1.29, 1.82) is 0 Å². The highest BCUT2D eigenvalue weighted by Crippen LogP contribution is 2.51. The second kappa shape index (κ2) is 7.07. The molecule has 92 valence electrons. The molecule has 0 bridgehead atoms. The molecule has 0 aliphatic rings. The van der Waals surface area contributed by atoms with E-state index in [0.717, 1.165) is 5.69 Å². The molecule has 0 saturated heterocycles. The van der Waals surface area contributed by atoms with Crippen LogP contribution in [0.4, 0.5) is 0 Å². The van der Waals surface area contributed by atoms with E-state index in [2.05, 4.69) is 27.1 Å². The molecule has 16 heavy (non-hydrogen) atoms. The lowest BCUT2D eigenvalue weighted by molar-refractivity contribution is 0.219. The lowest BCUT2D eigenvalue weighted by Crippen LogP contribution is -2.01. The number of halogens is 1. The van der Waals surface area contributed by atoms with E-state index in [-0.39, 0.29) is 6.16 Å². The molecule has 5 nitrogen and oxygen atoms in total. The van der Waals surface area contributed by atoms with Crippen LogP contribution in [0, 0.1) is 0 Å². The van der Waals surface area contributed by atoms with Gasteiger partial charge in [-0.3, -0.25) is 4.57 Å². The highest BCUT2D eigenvalue weighted by molar-refractivity contribution is 14.2. The monoisotopic (exact) mass is 376 g/mol. The fraction of sp³-hybridized carbons (Fsp3) is 0.625. The molecule has 0 radical (unpaired) electrons. The van der Waals surface area contributed by atoms with Gasteiger partial charge in [0.05, 0.1) is 31.4 Å². The second-order valence-electron chi connectivity index (χ2n) is 2.92. The van der Waals surface area contributed by atoms with Crippen molar-refractivity contribution < 1.29 is 13.6 Å². The van der Waals surface area contributed by atoms with Crippen LogP contribution < -0.4 is 0 Å². The Morgan fingerprint density at radius 1 is 1.50 bits per heavy atom. The SMILES string of the molecule is CCOP(=O)(Cc1ccnn1PI)OCC. The van der Waals surface area contributed by atoms with Gasteiger partial charge in [-0.1, -0.05) is 0 Å². The van der Waals surface area contributed by atoms with Crippen molar-refractivity contribution >= 4 is 36.0 Å². The molecular weight excluding hydrogens is 361 g/mol. The van der Waals surface area contributed by atoms with Crippen molar-refractivity contribution in [3.63, 3.8) is 0 Å². The van der Waals surface area contributed by atoms with Crippen LogP contribution in [-0.2, 0) is 19.8 Å². The summed E-state index contributed by atoms with van der Waals surface area (Å²) in [6.07, 6.45) is 2.47. The predicted molar refractivity (Wildman–Crippen MR) is 74.5 cm³/mol. The molecule has 1 heterocycles. The summed E-state index contributed by atoms with van der Waals surface area (Å²) in [6.45, 7) is 4.39. The first-order chi connectivity index (χ1) is 7.65. The van der Waals surface area contributed by atoms with E-state index in [9.17, 15) is 4.57 Å². The van der Waals surface area contributed by atoms with Gasteiger partial charge < -0.3 is 9.05 Å². The summed E-state index contributed by atoms with van der Waals surface area (Å²) >= 11 is 2.23. The first-order valence-corrected chi connectivity index (χ1v) is 10.7. The van der Waals surface area contributed by atoms with Crippen LogP contribution in [0.2, 0.25) is 0 Å². The number of hydrogen-bond acceptors (Lipinski definition) is 4. The van der Waals surface area contributed by atoms with Crippen molar-refractivity contribution in [3.05, 3.63) is 18.0 Å². The number of hydrogen-bond donors (Lipinski definition) is 0. The van der Waals surface area contributed by atoms with E-state index in [1.807, 2.05) is 24.4 Å². The van der Waals surface area contributed by atoms with Gasteiger partial charge in [0, 0.05) is 6.20 Å². The van der Waals surface area contributed by atoms with Crippen LogP contribution >= 0.6 is 36.0 Å². The molecule has 1 aromatic rings. The van der Waals surface area contributed by atoms with Crippen molar-refractivity contribution in [2.24, 2.45) is 0 Å². The highest BCUT2D eigenvalue weighted by Gasteiger charge is 2.25. The van der Waals surface area contributed by atoms with Crippen LogP contribution in [0.15, 0.2) is 12.3 Å².